The summed E-state index contributed by atoms with van der Waals surface area (Å²) < 4.78 is 5.19. The lowest BCUT2D eigenvalue weighted by Crippen LogP contribution is -2.39. The van der Waals surface area contributed by atoms with Crippen LogP contribution in [0.1, 0.15) is 5.56 Å². The van der Waals surface area contributed by atoms with Gasteiger partial charge in [-0.1, -0.05) is 24.3 Å². The van der Waals surface area contributed by atoms with Crippen LogP contribution in [0, 0.1) is 6.07 Å². The zero-order valence-corrected chi connectivity index (χ0v) is 9.06. The first-order chi connectivity index (χ1) is 7.86. The number of ether oxygens (including phenoxy) is 1. The molecule has 0 aliphatic carbocycles. The normalized spacial score (nSPS) is 16.6. The summed E-state index contributed by atoms with van der Waals surface area (Å²) in [4.78, 5) is 13.5. The van der Waals surface area contributed by atoms with E-state index < -0.39 is 0 Å². The van der Waals surface area contributed by atoms with Crippen LogP contribution in [0.25, 0.3) is 6.08 Å². The van der Waals surface area contributed by atoms with E-state index in [0.29, 0.717) is 26.3 Å². The molecule has 1 radical (unpaired) electrons. The van der Waals surface area contributed by atoms with Crippen LogP contribution in [0.4, 0.5) is 0 Å². The Morgan fingerprint density at radius 1 is 1.38 bits per heavy atom. The van der Waals surface area contributed by atoms with Gasteiger partial charge in [0, 0.05) is 19.2 Å². The molecule has 0 N–H and O–H groups in total. The quantitative estimate of drug-likeness (QED) is 0.698. The van der Waals surface area contributed by atoms with Crippen molar-refractivity contribution in [1.82, 2.24) is 4.90 Å². The molecule has 3 heteroatoms. The predicted octanol–water partition coefficient (Wildman–Crippen LogP) is 1.36. The number of carbonyl (C=O) groups is 1. The van der Waals surface area contributed by atoms with Crippen molar-refractivity contribution in [2.75, 3.05) is 26.3 Å². The predicted molar refractivity (Wildman–Crippen MR) is 61.7 cm³/mol. The Labute approximate surface area is 95.3 Å². The summed E-state index contributed by atoms with van der Waals surface area (Å²) in [5, 5.41) is 0. The van der Waals surface area contributed by atoms with Crippen LogP contribution < -0.4 is 0 Å². The number of nitrogens with zero attached hydrogens (tertiary/aromatic N) is 1. The van der Waals surface area contributed by atoms with Gasteiger partial charge in [-0.2, -0.15) is 0 Å². The second kappa shape index (κ2) is 5.47. The van der Waals surface area contributed by atoms with Crippen LogP contribution in [0.5, 0.6) is 0 Å². The molecule has 1 aromatic carbocycles. The zero-order valence-electron chi connectivity index (χ0n) is 9.06. The maximum absolute atomic E-state index is 11.7. The van der Waals surface area contributed by atoms with Crippen LogP contribution in [0.15, 0.2) is 30.3 Å². The molecule has 1 aliphatic rings. The molecule has 2 rings (SSSR count). The minimum absolute atomic E-state index is 0.0422. The summed E-state index contributed by atoms with van der Waals surface area (Å²) in [6.07, 6.45) is 3.38. The Bertz CT molecular complexity index is 367. The SMILES string of the molecule is O=C(/C=C/c1[c]cccc1)N1CCOCC1. The number of rotatable bonds is 2. The highest BCUT2D eigenvalue weighted by Gasteiger charge is 2.13. The summed E-state index contributed by atoms with van der Waals surface area (Å²) in [6.45, 7) is 2.64. The molecule has 83 valence electrons. The van der Waals surface area contributed by atoms with Crippen molar-refractivity contribution in [3.63, 3.8) is 0 Å². The molecule has 0 bridgehead atoms. The van der Waals surface area contributed by atoms with Crippen molar-refractivity contribution < 1.29 is 9.53 Å². The van der Waals surface area contributed by atoms with Crippen molar-refractivity contribution in [1.29, 1.82) is 0 Å². The average Bonchev–Trinajstić information content (AvgIpc) is 2.38. The van der Waals surface area contributed by atoms with Crippen LogP contribution in [0.2, 0.25) is 0 Å². The minimum atomic E-state index is 0.0422. The Morgan fingerprint density at radius 2 is 2.19 bits per heavy atom. The molecule has 0 unspecified atom stereocenters. The number of carbonyl (C=O) groups excluding carboxylic acids is 1. The monoisotopic (exact) mass is 216 g/mol. The van der Waals surface area contributed by atoms with Gasteiger partial charge in [-0.15, -0.1) is 0 Å². The molecule has 1 amide bonds. The van der Waals surface area contributed by atoms with Crippen molar-refractivity contribution in [3.05, 3.63) is 42.0 Å². The molecule has 1 fully saturated rings. The van der Waals surface area contributed by atoms with Gasteiger partial charge in [0.2, 0.25) is 5.91 Å². The maximum Gasteiger partial charge on any atom is 0.246 e. The van der Waals surface area contributed by atoms with Crippen molar-refractivity contribution in [2.24, 2.45) is 0 Å². The number of morpholine rings is 1. The van der Waals surface area contributed by atoms with E-state index in [0.717, 1.165) is 5.56 Å². The van der Waals surface area contributed by atoms with E-state index in [-0.39, 0.29) is 5.91 Å². The average molecular weight is 216 g/mol. The Balaban J connectivity index is 1.93. The molecular formula is C13H14NO2. The van der Waals surface area contributed by atoms with Crippen molar-refractivity contribution in [3.8, 4) is 0 Å². The fourth-order valence-electron chi connectivity index (χ4n) is 1.56. The number of amides is 1. The molecular weight excluding hydrogens is 202 g/mol. The van der Waals surface area contributed by atoms with E-state index in [2.05, 4.69) is 6.07 Å². The van der Waals surface area contributed by atoms with E-state index in [1.165, 1.54) is 0 Å². The van der Waals surface area contributed by atoms with Gasteiger partial charge in [0.05, 0.1) is 13.2 Å². The third-order valence-electron chi connectivity index (χ3n) is 2.46. The Kier molecular flexibility index (Phi) is 3.72. The van der Waals surface area contributed by atoms with Gasteiger partial charge in [-0.3, -0.25) is 4.79 Å². The summed E-state index contributed by atoms with van der Waals surface area (Å²) in [5.41, 5.74) is 0.920. The van der Waals surface area contributed by atoms with E-state index in [9.17, 15) is 4.79 Å². The summed E-state index contributed by atoms with van der Waals surface area (Å²) in [7, 11) is 0. The molecule has 1 heterocycles. The molecule has 0 spiro atoms. The zero-order chi connectivity index (χ0) is 11.2. The van der Waals surface area contributed by atoms with Gasteiger partial charge in [0.25, 0.3) is 0 Å². The van der Waals surface area contributed by atoms with Gasteiger partial charge >= 0.3 is 0 Å². The summed E-state index contributed by atoms with van der Waals surface area (Å²) >= 11 is 0. The topological polar surface area (TPSA) is 29.5 Å². The molecule has 0 aromatic heterocycles. The number of hydrogen-bond acceptors (Lipinski definition) is 2. The lowest BCUT2D eigenvalue weighted by Gasteiger charge is -2.25. The van der Waals surface area contributed by atoms with Crippen LogP contribution >= 0.6 is 0 Å². The van der Waals surface area contributed by atoms with E-state index in [4.69, 9.17) is 4.74 Å². The summed E-state index contributed by atoms with van der Waals surface area (Å²) in [5.74, 6) is 0.0422. The third kappa shape index (κ3) is 2.94. The number of hydrogen-bond donors (Lipinski definition) is 0. The summed E-state index contributed by atoms with van der Waals surface area (Å²) in [6, 6.07) is 10.6. The third-order valence-corrected chi connectivity index (χ3v) is 2.46. The van der Waals surface area contributed by atoms with Crippen LogP contribution in [-0.2, 0) is 9.53 Å². The van der Waals surface area contributed by atoms with Crippen LogP contribution in [-0.4, -0.2) is 37.1 Å². The first-order valence-corrected chi connectivity index (χ1v) is 5.38. The van der Waals surface area contributed by atoms with Gasteiger partial charge < -0.3 is 9.64 Å². The second-order valence-corrected chi connectivity index (χ2v) is 3.59. The standard InChI is InChI=1S/C13H14NO2/c15-13(14-8-10-16-11-9-14)7-6-12-4-2-1-3-5-12/h1-4,6-7H,8-11H2/b7-6+. The van der Waals surface area contributed by atoms with Gasteiger partial charge in [0.1, 0.15) is 0 Å². The fourth-order valence-corrected chi connectivity index (χ4v) is 1.56. The number of benzene rings is 1. The lowest BCUT2D eigenvalue weighted by molar-refractivity contribution is -0.129. The van der Waals surface area contributed by atoms with Gasteiger partial charge in [-0.25, -0.2) is 0 Å². The first-order valence-electron chi connectivity index (χ1n) is 5.38. The lowest BCUT2D eigenvalue weighted by atomic mass is 10.2. The van der Waals surface area contributed by atoms with Gasteiger partial charge in [0.15, 0.2) is 0 Å². The largest absolute Gasteiger partial charge is 0.378 e. The molecule has 3 nitrogen and oxygen atoms in total. The molecule has 16 heavy (non-hydrogen) atoms. The molecule has 1 saturated heterocycles. The fraction of sp³-hybridized carbons (Fsp3) is 0.308. The highest BCUT2D eigenvalue weighted by Crippen LogP contribution is 2.03. The Morgan fingerprint density at radius 3 is 2.88 bits per heavy atom. The second-order valence-electron chi connectivity index (χ2n) is 3.59. The minimum Gasteiger partial charge on any atom is -0.378 e. The Hall–Kier alpha value is -1.61. The van der Waals surface area contributed by atoms with E-state index in [1.807, 2.05) is 24.3 Å². The van der Waals surface area contributed by atoms with Crippen molar-refractivity contribution in [2.45, 2.75) is 0 Å². The smallest absolute Gasteiger partial charge is 0.246 e. The first kappa shape index (κ1) is 10.9. The molecule has 1 aliphatic heterocycles. The van der Waals surface area contributed by atoms with Gasteiger partial charge in [-0.05, 0) is 17.7 Å². The molecule has 0 atom stereocenters. The maximum atomic E-state index is 11.7. The highest BCUT2D eigenvalue weighted by molar-refractivity contribution is 5.91. The van der Waals surface area contributed by atoms with E-state index >= 15 is 0 Å². The molecule has 1 aromatic rings. The van der Waals surface area contributed by atoms with Crippen LogP contribution in [0.3, 0.4) is 0 Å². The van der Waals surface area contributed by atoms with Crippen molar-refractivity contribution >= 4 is 12.0 Å². The molecule has 0 saturated carbocycles. The highest BCUT2D eigenvalue weighted by atomic mass is 16.5. The van der Waals surface area contributed by atoms with E-state index in [1.54, 1.807) is 17.1 Å².